The van der Waals surface area contributed by atoms with E-state index in [1.54, 1.807) is 61.7 Å². The second-order valence-corrected chi connectivity index (χ2v) is 7.83. The number of amides is 2. The molecule has 0 aliphatic heterocycles. The monoisotopic (exact) mass is 466 g/mol. The molecule has 0 unspecified atom stereocenters. The first-order valence-corrected chi connectivity index (χ1v) is 11.3. The van der Waals surface area contributed by atoms with Crippen molar-refractivity contribution in [2.24, 2.45) is 0 Å². The van der Waals surface area contributed by atoms with E-state index in [0.717, 1.165) is 5.75 Å². The Morgan fingerprint density at radius 1 is 0.848 bits per heavy atom. The molecule has 0 fully saturated rings. The maximum Gasteiger partial charge on any atom is 0.256 e. The summed E-state index contributed by atoms with van der Waals surface area (Å²) < 4.78 is 15.9. The number of hydrogen-bond donors (Lipinski definition) is 2. The molecule has 2 N–H and O–H groups in total. The van der Waals surface area contributed by atoms with E-state index in [1.165, 1.54) is 18.9 Å². The highest BCUT2D eigenvalue weighted by molar-refractivity contribution is 8.00. The van der Waals surface area contributed by atoms with Crippen LogP contribution < -0.4 is 24.8 Å². The summed E-state index contributed by atoms with van der Waals surface area (Å²) in [6.45, 7) is 2.49. The van der Waals surface area contributed by atoms with Gasteiger partial charge in [-0.05, 0) is 55.5 Å². The standard InChI is InChI=1S/C25H26N2O5S/c1-4-32-19-12-9-17(10-13-19)27-25(29)20-7-5-6-8-23(20)33-16-24(28)26-18-11-14-21(30-2)22(15-18)31-3/h5-15H,4,16H2,1-3H3,(H,26,28)(H,27,29). The molecule has 0 aliphatic carbocycles. The van der Waals surface area contributed by atoms with Gasteiger partial charge in [0, 0.05) is 22.3 Å². The number of thioether (sulfide) groups is 1. The summed E-state index contributed by atoms with van der Waals surface area (Å²) in [6.07, 6.45) is 0. The third-order valence-corrected chi connectivity index (χ3v) is 5.65. The number of nitrogens with one attached hydrogen (secondary N) is 2. The second kappa shape index (κ2) is 11.8. The molecule has 0 heterocycles. The van der Waals surface area contributed by atoms with E-state index >= 15 is 0 Å². The van der Waals surface area contributed by atoms with Gasteiger partial charge >= 0.3 is 0 Å². The Morgan fingerprint density at radius 2 is 1.55 bits per heavy atom. The number of carbonyl (C=O) groups is 2. The maximum absolute atomic E-state index is 12.8. The van der Waals surface area contributed by atoms with Crippen LogP contribution in [0.25, 0.3) is 0 Å². The summed E-state index contributed by atoms with van der Waals surface area (Å²) in [5.74, 6) is 1.54. The summed E-state index contributed by atoms with van der Waals surface area (Å²) in [7, 11) is 3.09. The van der Waals surface area contributed by atoms with Gasteiger partial charge in [-0.3, -0.25) is 9.59 Å². The molecule has 7 nitrogen and oxygen atoms in total. The zero-order chi connectivity index (χ0) is 23.6. The van der Waals surface area contributed by atoms with Crippen molar-refractivity contribution in [3.8, 4) is 17.2 Å². The van der Waals surface area contributed by atoms with Crippen molar-refractivity contribution < 1.29 is 23.8 Å². The van der Waals surface area contributed by atoms with Crippen molar-refractivity contribution in [3.63, 3.8) is 0 Å². The summed E-state index contributed by atoms with van der Waals surface area (Å²) in [5.41, 5.74) is 1.75. The Labute approximate surface area is 197 Å². The summed E-state index contributed by atoms with van der Waals surface area (Å²) >= 11 is 1.29. The van der Waals surface area contributed by atoms with Gasteiger partial charge in [0.15, 0.2) is 11.5 Å². The van der Waals surface area contributed by atoms with Crippen molar-refractivity contribution in [1.82, 2.24) is 0 Å². The van der Waals surface area contributed by atoms with Crippen LogP contribution in [0.5, 0.6) is 17.2 Å². The fraction of sp³-hybridized carbons (Fsp3) is 0.200. The molecule has 0 bridgehead atoms. The van der Waals surface area contributed by atoms with Crippen LogP contribution in [0.2, 0.25) is 0 Å². The van der Waals surface area contributed by atoms with Gasteiger partial charge in [0.2, 0.25) is 5.91 Å². The number of rotatable bonds is 10. The Bertz CT molecular complexity index is 1100. The van der Waals surface area contributed by atoms with Crippen LogP contribution in [-0.4, -0.2) is 38.4 Å². The van der Waals surface area contributed by atoms with E-state index in [9.17, 15) is 9.59 Å². The van der Waals surface area contributed by atoms with Gasteiger partial charge in [0.05, 0.1) is 32.1 Å². The molecule has 0 radical (unpaired) electrons. The number of carbonyl (C=O) groups excluding carboxylic acids is 2. The van der Waals surface area contributed by atoms with E-state index in [-0.39, 0.29) is 17.6 Å². The fourth-order valence-corrected chi connectivity index (χ4v) is 3.88. The zero-order valence-electron chi connectivity index (χ0n) is 18.7. The number of methoxy groups -OCH3 is 2. The molecule has 0 saturated heterocycles. The summed E-state index contributed by atoms with van der Waals surface area (Å²) in [4.78, 5) is 26.0. The number of hydrogen-bond acceptors (Lipinski definition) is 6. The quantitative estimate of drug-likeness (QED) is 0.405. The molecule has 0 saturated carbocycles. The van der Waals surface area contributed by atoms with Crippen LogP contribution in [0, 0.1) is 0 Å². The molecule has 3 rings (SSSR count). The van der Waals surface area contributed by atoms with Gasteiger partial charge in [-0.25, -0.2) is 0 Å². The van der Waals surface area contributed by atoms with Gasteiger partial charge < -0.3 is 24.8 Å². The SMILES string of the molecule is CCOc1ccc(NC(=O)c2ccccc2SCC(=O)Nc2ccc(OC)c(OC)c2)cc1. The third kappa shape index (κ3) is 6.66. The van der Waals surface area contributed by atoms with Gasteiger partial charge in [0.1, 0.15) is 5.75 Å². The van der Waals surface area contributed by atoms with E-state index in [0.29, 0.717) is 39.9 Å². The van der Waals surface area contributed by atoms with Crippen molar-refractivity contribution >= 4 is 35.0 Å². The molecule has 0 spiro atoms. The molecule has 33 heavy (non-hydrogen) atoms. The average molecular weight is 467 g/mol. The molecule has 2 amide bonds. The first kappa shape index (κ1) is 24.0. The van der Waals surface area contributed by atoms with Crippen LogP contribution in [-0.2, 0) is 4.79 Å². The maximum atomic E-state index is 12.8. The minimum atomic E-state index is -0.248. The molecule has 0 aliphatic rings. The lowest BCUT2D eigenvalue weighted by atomic mass is 10.2. The molecule has 3 aromatic rings. The van der Waals surface area contributed by atoms with E-state index in [2.05, 4.69) is 10.6 Å². The Balaban J connectivity index is 1.62. The molecule has 172 valence electrons. The lowest BCUT2D eigenvalue weighted by molar-refractivity contribution is -0.113. The predicted molar refractivity (Wildman–Crippen MR) is 131 cm³/mol. The number of benzene rings is 3. The van der Waals surface area contributed by atoms with Gasteiger partial charge in [-0.15, -0.1) is 11.8 Å². The molecule has 0 aromatic heterocycles. The normalized spacial score (nSPS) is 10.3. The van der Waals surface area contributed by atoms with Gasteiger partial charge in [0.25, 0.3) is 5.91 Å². The highest BCUT2D eigenvalue weighted by atomic mass is 32.2. The number of anilines is 2. The van der Waals surface area contributed by atoms with Gasteiger partial charge in [-0.1, -0.05) is 12.1 Å². The molecule has 3 aromatic carbocycles. The van der Waals surface area contributed by atoms with E-state index in [1.807, 2.05) is 19.1 Å². The molecule has 8 heteroatoms. The predicted octanol–water partition coefficient (Wildman–Crippen LogP) is 5.09. The highest BCUT2D eigenvalue weighted by Gasteiger charge is 2.14. The Morgan fingerprint density at radius 3 is 2.24 bits per heavy atom. The summed E-state index contributed by atoms with van der Waals surface area (Å²) in [6, 6.07) is 19.5. The lowest BCUT2D eigenvalue weighted by Gasteiger charge is -2.12. The second-order valence-electron chi connectivity index (χ2n) is 6.81. The van der Waals surface area contributed by atoms with Crippen LogP contribution >= 0.6 is 11.8 Å². The number of ether oxygens (including phenoxy) is 3. The minimum absolute atomic E-state index is 0.141. The van der Waals surface area contributed by atoms with Crippen LogP contribution in [0.4, 0.5) is 11.4 Å². The van der Waals surface area contributed by atoms with Crippen LogP contribution in [0.1, 0.15) is 17.3 Å². The minimum Gasteiger partial charge on any atom is -0.494 e. The fourth-order valence-electron chi connectivity index (χ4n) is 3.03. The smallest absolute Gasteiger partial charge is 0.256 e. The van der Waals surface area contributed by atoms with Crippen molar-refractivity contribution in [2.45, 2.75) is 11.8 Å². The average Bonchev–Trinajstić information content (AvgIpc) is 2.84. The molecule has 0 atom stereocenters. The van der Waals surface area contributed by atoms with Crippen molar-refractivity contribution in [2.75, 3.05) is 37.2 Å². The first-order valence-electron chi connectivity index (χ1n) is 10.3. The van der Waals surface area contributed by atoms with E-state index in [4.69, 9.17) is 14.2 Å². The highest BCUT2D eigenvalue weighted by Crippen LogP contribution is 2.30. The van der Waals surface area contributed by atoms with E-state index < -0.39 is 0 Å². The van der Waals surface area contributed by atoms with Gasteiger partial charge in [-0.2, -0.15) is 0 Å². The first-order chi connectivity index (χ1) is 16.0. The largest absolute Gasteiger partial charge is 0.494 e. The molecular formula is C25H26N2O5S. The third-order valence-electron chi connectivity index (χ3n) is 4.58. The van der Waals surface area contributed by atoms with Crippen molar-refractivity contribution in [1.29, 1.82) is 0 Å². The van der Waals surface area contributed by atoms with Crippen LogP contribution in [0.15, 0.2) is 71.6 Å². The van der Waals surface area contributed by atoms with Crippen molar-refractivity contribution in [3.05, 3.63) is 72.3 Å². The Kier molecular flexibility index (Phi) is 8.60. The summed E-state index contributed by atoms with van der Waals surface area (Å²) in [5, 5.41) is 5.72. The van der Waals surface area contributed by atoms with Crippen LogP contribution in [0.3, 0.4) is 0 Å². The Hall–Kier alpha value is -3.65. The zero-order valence-corrected chi connectivity index (χ0v) is 19.5. The topological polar surface area (TPSA) is 85.9 Å². The molecular weight excluding hydrogens is 440 g/mol. The lowest BCUT2D eigenvalue weighted by Crippen LogP contribution is -2.16.